The SMILES string of the molecule is Cc1nc(N2CCN(C(=O)Cc3c(F)cccc3Cl)CC2)[nH]c(=O)c1F. The molecule has 1 saturated heterocycles. The third kappa shape index (κ3) is 3.70. The molecule has 0 aliphatic carbocycles. The molecule has 0 unspecified atom stereocenters. The van der Waals surface area contributed by atoms with E-state index >= 15 is 0 Å². The Hall–Kier alpha value is -2.48. The average molecular weight is 383 g/mol. The second kappa shape index (κ2) is 7.41. The first-order chi connectivity index (χ1) is 12.4. The Kier molecular flexibility index (Phi) is 5.22. The minimum Gasteiger partial charge on any atom is -0.339 e. The van der Waals surface area contributed by atoms with Gasteiger partial charge in [-0.05, 0) is 19.1 Å². The normalized spacial score (nSPS) is 14.6. The zero-order valence-electron chi connectivity index (χ0n) is 14.1. The van der Waals surface area contributed by atoms with Crippen molar-refractivity contribution in [1.29, 1.82) is 0 Å². The van der Waals surface area contributed by atoms with Gasteiger partial charge in [0.15, 0.2) is 0 Å². The Bertz CT molecular complexity index is 875. The Morgan fingerprint density at radius 3 is 2.58 bits per heavy atom. The summed E-state index contributed by atoms with van der Waals surface area (Å²) in [5.74, 6) is -1.36. The topological polar surface area (TPSA) is 69.3 Å². The molecule has 6 nitrogen and oxygen atoms in total. The maximum Gasteiger partial charge on any atom is 0.288 e. The van der Waals surface area contributed by atoms with Gasteiger partial charge >= 0.3 is 0 Å². The van der Waals surface area contributed by atoms with E-state index < -0.39 is 17.2 Å². The summed E-state index contributed by atoms with van der Waals surface area (Å²) in [7, 11) is 0. The number of carbonyl (C=O) groups excluding carboxylic acids is 1. The van der Waals surface area contributed by atoms with Gasteiger partial charge in [0, 0.05) is 36.8 Å². The molecule has 2 heterocycles. The van der Waals surface area contributed by atoms with Crippen molar-refractivity contribution in [1.82, 2.24) is 14.9 Å². The van der Waals surface area contributed by atoms with E-state index in [4.69, 9.17) is 11.6 Å². The lowest BCUT2D eigenvalue weighted by atomic mass is 10.1. The second-order valence-electron chi connectivity index (χ2n) is 6.03. The Labute approximate surface area is 153 Å². The van der Waals surface area contributed by atoms with Crippen LogP contribution in [0.15, 0.2) is 23.0 Å². The predicted molar refractivity (Wildman–Crippen MR) is 93.5 cm³/mol. The maximum absolute atomic E-state index is 13.8. The molecular weight excluding hydrogens is 366 g/mol. The first-order valence-electron chi connectivity index (χ1n) is 8.09. The molecule has 138 valence electrons. The monoisotopic (exact) mass is 382 g/mol. The fourth-order valence-electron chi connectivity index (χ4n) is 2.84. The summed E-state index contributed by atoms with van der Waals surface area (Å²) >= 11 is 5.97. The second-order valence-corrected chi connectivity index (χ2v) is 6.44. The highest BCUT2D eigenvalue weighted by atomic mass is 35.5. The van der Waals surface area contributed by atoms with Crippen LogP contribution in [0, 0.1) is 18.6 Å². The zero-order valence-corrected chi connectivity index (χ0v) is 14.8. The molecule has 2 aromatic rings. The van der Waals surface area contributed by atoms with Crippen LogP contribution in [0.2, 0.25) is 5.02 Å². The van der Waals surface area contributed by atoms with Gasteiger partial charge in [0.05, 0.1) is 12.1 Å². The number of carbonyl (C=O) groups is 1. The van der Waals surface area contributed by atoms with Crippen molar-refractivity contribution < 1.29 is 13.6 Å². The Balaban J connectivity index is 1.65. The highest BCUT2D eigenvalue weighted by Gasteiger charge is 2.24. The minimum atomic E-state index is -0.899. The van der Waals surface area contributed by atoms with Crippen molar-refractivity contribution in [3.05, 3.63) is 56.5 Å². The van der Waals surface area contributed by atoms with Gasteiger partial charge in [0.1, 0.15) is 5.82 Å². The third-order valence-electron chi connectivity index (χ3n) is 4.34. The number of aromatic nitrogens is 2. The molecule has 9 heteroatoms. The van der Waals surface area contributed by atoms with E-state index in [0.29, 0.717) is 26.2 Å². The largest absolute Gasteiger partial charge is 0.339 e. The van der Waals surface area contributed by atoms with Gasteiger partial charge in [-0.15, -0.1) is 0 Å². The number of nitrogens with one attached hydrogen (secondary N) is 1. The number of H-pyrrole nitrogens is 1. The highest BCUT2D eigenvalue weighted by molar-refractivity contribution is 6.31. The fourth-order valence-corrected chi connectivity index (χ4v) is 3.07. The Morgan fingerprint density at radius 2 is 1.96 bits per heavy atom. The van der Waals surface area contributed by atoms with E-state index in [9.17, 15) is 18.4 Å². The number of amides is 1. The maximum atomic E-state index is 13.8. The van der Waals surface area contributed by atoms with Crippen LogP contribution in [-0.4, -0.2) is 47.0 Å². The third-order valence-corrected chi connectivity index (χ3v) is 4.69. The van der Waals surface area contributed by atoms with Gasteiger partial charge in [-0.1, -0.05) is 17.7 Å². The number of hydrogen-bond acceptors (Lipinski definition) is 4. The van der Waals surface area contributed by atoms with Crippen molar-refractivity contribution in [2.45, 2.75) is 13.3 Å². The van der Waals surface area contributed by atoms with E-state index in [2.05, 4.69) is 9.97 Å². The minimum absolute atomic E-state index is 0.0245. The van der Waals surface area contributed by atoms with Gasteiger partial charge in [-0.3, -0.25) is 14.6 Å². The first-order valence-corrected chi connectivity index (χ1v) is 8.46. The van der Waals surface area contributed by atoms with Crippen LogP contribution in [-0.2, 0) is 11.2 Å². The molecule has 1 fully saturated rings. The molecule has 1 aliphatic heterocycles. The summed E-state index contributed by atoms with van der Waals surface area (Å²) in [6.07, 6.45) is -0.115. The molecule has 0 radical (unpaired) electrons. The van der Waals surface area contributed by atoms with Gasteiger partial charge in [0.25, 0.3) is 5.56 Å². The average Bonchev–Trinajstić information content (AvgIpc) is 2.62. The Morgan fingerprint density at radius 1 is 1.27 bits per heavy atom. The fraction of sp³-hybridized carbons (Fsp3) is 0.353. The van der Waals surface area contributed by atoms with Crippen LogP contribution in [0.4, 0.5) is 14.7 Å². The molecule has 1 aromatic carbocycles. The van der Waals surface area contributed by atoms with Crippen molar-refractivity contribution in [2.24, 2.45) is 0 Å². The molecule has 0 bridgehead atoms. The molecule has 0 spiro atoms. The van der Waals surface area contributed by atoms with E-state index in [1.807, 2.05) is 0 Å². The number of anilines is 1. The van der Waals surface area contributed by atoms with E-state index in [-0.39, 0.29) is 34.6 Å². The quantitative estimate of drug-likeness (QED) is 0.880. The number of piperazine rings is 1. The van der Waals surface area contributed by atoms with Crippen LogP contribution in [0.1, 0.15) is 11.3 Å². The highest BCUT2D eigenvalue weighted by Crippen LogP contribution is 2.20. The van der Waals surface area contributed by atoms with Crippen molar-refractivity contribution >= 4 is 23.5 Å². The first kappa shape index (κ1) is 18.3. The standard InChI is InChI=1S/C17H17ClF2N4O2/c1-10-15(20)16(26)22-17(21-10)24-7-5-23(6-8-24)14(25)9-11-12(18)3-2-4-13(11)19/h2-4H,5-9H2,1H3,(H,21,22,26). The van der Waals surface area contributed by atoms with Gasteiger partial charge in [-0.2, -0.15) is 4.39 Å². The van der Waals surface area contributed by atoms with Crippen molar-refractivity contribution in [3.63, 3.8) is 0 Å². The summed E-state index contributed by atoms with van der Waals surface area (Å²) in [5, 5.41) is 0.223. The summed E-state index contributed by atoms with van der Waals surface area (Å²) in [5.41, 5.74) is -0.613. The van der Waals surface area contributed by atoms with Crippen LogP contribution in [0.25, 0.3) is 0 Å². The number of rotatable bonds is 3. The van der Waals surface area contributed by atoms with Gasteiger partial charge in [0.2, 0.25) is 17.7 Å². The summed E-state index contributed by atoms with van der Waals surface area (Å²) in [4.78, 5) is 33.8. The summed E-state index contributed by atoms with van der Waals surface area (Å²) in [6.45, 7) is 3.03. The van der Waals surface area contributed by atoms with E-state index in [1.54, 1.807) is 15.9 Å². The van der Waals surface area contributed by atoms with Crippen LogP contribution in [0.3, 0.4) is 0 Å². The molecule has 1 aromatic heterocycles. The van der Waals surface area contributed by atoms with E-state index in [0.717, 1.165) is 0 Å². The van der Waals surface area contributed by atoms with Gasteiger partial charge in [-0.25, -0.2) is 9.37 Å². The molecule has 1 N–H and O–H groups in total. The van der Waals surface area contributed by atoms with Crippen molar-refractivity contribution in [3.8, 4) is 0 Å². The molecule has 0 saturated carbocycles. The van der Waals surface area contributed by atoms with Crippen molar-refractivity contribution in [2.75, 3.05) is 31.1 Å². The van der Waals surface area contributed by atoms with Crippen LogP contribution < -0.4 is 10.5 Å². The summed E-state index contributed by atoms with van der Waals surface area (Å²) in [6, 6.07) is 4.30. The molecular formula is C17H17ClF2N4O2. The summed E-state index contributed by atoms with van der Waals surface area (Å²) < 4.78 is 27.2. The van der Waals surface area contributed by atoms with Crippen LogP contribution in [0.5, 0.6) is 0 Å². The van der Waals surface area contributed by atoms with Gasteiger partial charge < -0.3 is 9.80 Å². The number of aromatic amines is 1. The smallest absolute Gasteiger partial charge is 0.288 e. The number of aryl methyl sites for hydroxylation is 1. The number of nitrogens with zero attached hydrogens (tertiary/aromatic N) is 3. The van der Waals surface area contributed by atoms with E-state index in [1.165, 1.54) is 19.1 Å². The number of hydrogen-bond donors (Lipinski definition) is 1. The predicted octanol–water partition coefficient (Wildman–Crippen LogP) is 1.90. The van der Waals surface area contributed by atoms with Crippen LogP contribution >= 0.6 is 11.6 Å². The number of benzene rings is 1. The molecule has 0 atom stereocenters. The lowest BCUT2D eigenvalue weighted by Crippen LogP contribution is -2.50. The lowest BCUT2D eigenvalue weighted by molar-refractivity contribution is -0.130. The molecule has 1 aliphatic rings. The molecule has 1 amide bonds. The molecule has 3 rings (SSSR count). The lowest BCUT2D eigenvalue weighted by Gasteiger charge is -2.35. The zero-order chi connectivity index (χ0) is 18.8. The number of halogens is 3. The molecule has 26 heavy (non-hydrogen) atoms.